The molecule has 2 heterocycles. The largest absolute Gasteiger partial charge is 0.493 e. The molecule has 1 aromatic carbocycles. The molecule has 0 saturated heterocycles. The third kappa shape index (κ3) is 3.25. The maximum Gasteiger partial charge on any atom is 0.226 e. The highest BCUT2D eigenvalue weighted by molar-refractivity contribution is 5.91. The highest BCUT2D eigenvalue weighted by Crippen LogP contribution is 2.35. The summed E-state index contributed by atoms with van der Waals surface area (Å²) in [6.07, 6.45) is 2.81. The summed E-state index contributed by atoms with van der Waals surface area (Å²) in [7, 11) is 0. The van der Waals surface area contributed by atoms with Crippen molar-refractivity contribution in [3.63, 3.8) is 0 Å². The van der Waals surface area contributed by atoms with Gasteiger partial charge in [0.05, 0.1) is 6.61 Å². The van der Waals surface area contributed by atoms with Crippen LogP contribution in [0.25, 0.3) is 0 Å². The SMILES string of the molecule is CC(C)n1cc(C#N)c(NC(=O)C[C@@H]2CCOc3ccccc32)n1. The van der Waals surface area contributed by atoms with E-state index in [1.807, 2.05) is 38.1 Å². The lowest BCUT2D eigenvalue weighted by Gasteiger charge is -2.25. The van der Waals surface area contributed by atoms with Crippen molar-refractivity contribution in [3.05, 3.63) is 41.6 Å². The summed E-state index contributed by atoms with van der Waals surface area (Å²) in [6.45, 7) is 4.55. The third-order valence-electron chi connectivity index (χ3n) is 4.15. The zero-order chi connectivity index (χ0) is 17.1. The molecular weight excluding hydrogens is 304 g/mol. The lowest BCUT2D eigenvalue weighted by Crippen LogP contribution is -2.21. The van der Waals surface area contributed by atoms with Crippen LogP contribution in [0.2, 0.25) is 0 Å². The molecule has 1 amide bonds. The first-order valence-corrected chi connectivity index (χ1v) is 8.09. The zero-order valence-corrected chi connectivity index (χ0v) is 13.8. The number of amides is 1. The Hall–Kier alpha value is -2.81. The summed E-state index contributed by atoms with van der Waals surface area (Å²) < 4.78 is 7.31. The monoisotopic (exact) mass is 324 g/mol. The molecule has 1 N–H and O–H groups in total. The van der Waals surface area contributed by atoms with Crippen molar-refractivity contribution in [2.75, 3.05) is 11.9 Å². The number of benzene rings is 1. The molecule has 0 saturated carbocycles. The van der Waals surface area contributed by atoms with E-state index >= 15 is 0 Å². The Kier molecular flexibility index (Phi) is 4.52. The standard InChI is InChI=1S/C18H20N4O2/c1-12(2)22-11-14(10-19)18(21-22)20-17(23)9-13-7-8-24-16-6-4-3-5-15(13)16/h3-6,11-13H,7-9H2,1-2H3,(H,20,21,23)/t13-/m0/s1. The summed E-state index contributed by atoms with van der Waals surface area (Å²) in [5, 5.41) is 16.3. The molecule has 6 heteroatoms. The molecule has 0 radical (unpaired) electrons. The molecule has 124 valence electrons. The molecular formula is C18H20N4O2. The van der Waals surface area contributed by atoms with E-state index in [2.05, 4.69) is 16.5 Å². The Balaban J connectivity index is 1.72. The maximum absolute atomic E-state index is 12.4. The topological polar surface area (TPSA) is 79.9 Å². The molecule has 1 aliphatic heterocycles. The van der Waals surface area contributed by atoms with Gasteiger partial charge in [0.25, 0.3) is 0 Å². The molecule has 6 nitrogen and oxygen atoms in total. The number of nitrogens with zero attached hydrogens (tertiary/aromatic N) is 3. The number of rotatable bonds is 4. The molecule has 2 aromatic rings. The van der Waals surface area contributed by atoms with Gasteiger partial charge in [0.1, 0.15) is 17.4 Å². The molecule has 1 atom stereocenters. The van der Waals surface area contributed by atoms with Crippen molar-refractivity contribution in [3.8, 4) is 11.8 Å². The van der Waals surface area contributed by atoms with Crippen LogP contribution in [0.1, 0.15) is 49.8 Å². The van der Waals surface area contributed by atoms with Crippen LogP contribution >= 0.6 is 0 Å². The summed E-state index contributed by atoms with van der Waals surface area (Å²) >= 11 is 0. The Morgan fingerprint density at radius 3 is 3.04 bits per heavy atom. The zero-order valence-electron chi connectivity index (χ0n) is 13.8. The Morgan fingerprint density at radius 1 is 1.50 bits per heavy atom. The van der Waals surface area contributed by atoms with Crippen molar-refractivity contribution in [2.45, 2.75) is 38.6 Å². The second-order valence-corrected chi connectivity index (χ2v) is 6.20. The second kappa shape index (κ2) is 6.75. The van der Waals surface area contributed by atoms with Crippen molar-refractivity contribution in [1.29, 1.82) is 5.26 Å². The van der Waals surface area contributed by atoms with Crippen LogP contribution in [0.3, 0.4) is 0 Å². The maximum atomic E-state index is 12.4. The lowest BCUT2D eigenvalue weighted by molar-refractivity contribution is -0.116. The van der Waals surface area contributed by atoms with Gasteiger partial charge in [-0.2, -0.15) is 10.4 Å². The predicted octanol–water partition coefficient (Wildman–Crippen LogP) is 3.23. The van der Waals surface area contributed by atoms with Crippen molar-refractivity contribution >= 4 is 11.7 Å². The van der Waals surface area contributed by atoms with Gasteiger partial charge < -0.3 is 10.1 Å². The normalized spacial score (nSPS) is 16.2. The second-order valence-electron chi connectivity index (χ2n) is 6.20. The van der Waals surface area contributed by atoms with Crippen LogP contribution < -0.4 is 10.1 Å². The number of hydrogen-bond acceptors (Lipinski definition) is 4. The van der Waals surface area contributed by atoms with Gasteiger partial charge in [-0.15, -0.1) is 0 Å². The van der Waals surface area contributed by atoms with E-state index in [1.165, 1.54) is 0 Å². The van der Waals surface area contributed by atoms with Crippen LogP contribution in [0.5, 0.6) is 5.75 Å². The molecule has 24 heavy (non-hydrogen) atoms. The van der Waals surface area contributed by atoms with Gasteiger partial charge >= 0.3 is 0 Å². The third-order valence-corrected chi connectivity index (χ3v) is 4.15. The number of nitrogens with one attached hydrogen (secondary N) is 1. The molecule has 0 bridgehead atoms. The number of ether oxygens (including phenoxy) is 1. The Bertz CT molecular complexity index is 789. The molecule has 0 spiro atoms. The van der Waals surface area contributed by atoms with E-state index in [0.29, 0.717) is 24.4 Å². The van der Waals surface area contributed by atoms with Crippen LogP contribution in [-0.4, -0.2) is 22.3 Å². The number of aromatic nitrogens is 2. The minimum absolute atomic E-state index is 0.118. The number of carbonyl (C=O) groups is 1. The molecule has 0 fully saturated rings. The molecule has 0 unspecified atom stereocenters. The molecule has 1 aliphatic rings. The van der Waals surface area contributed by atoms with Crippen molar-refractivity contribution in [2.24, 2.45) is 0 Å². The number of para-hydroxylation sites is 1. The first kappa shape index (κ1) is 16.1. The van der Waals surface area contributed by atoms with Gasteiger partial charge in [-0.25, -0.2) is 0 Å². The summed E-state index contributed by atoms with van der Waals surface area (Å²) in [6, 6.07) is 10.0. The fourth-order valence-corrected chi connectivity index (χ4v) is 2.87. The van der Waals surface area contributed by atoms with Crippen LogP contribution in [0, 0.1) is 11.3 Å². The number of hydrogen-bond donors (Lipinski definition) is 1. The first-order valence-electron chi connectivity index (χ1n) is 8.09. The number of nitriles is 1. The number of fused-ring (bicyclic) bond motifs is 1. The smallest absolute Gasteiger partial charge is 0.226 e. The van der Waals surface area contributed by atoms with Crippen LogP contribution in [-0.2, 0) is 4.79 Å². The average molecular weight is 324 g/mol. The van der Waals surface area contributed by atoms with E-state index < -0.39 is 0 Å². The quantitative estimate of drug-likeness (QED) is 0.936. The Labute approximate surface area is 141 Å². The molecule has 0 aliphatic carbocycles. The minimum atomic E-state index is -0.137. The first-order chi connectivity index (χ1) is 11.6. The highest BCUT2D eigenvalue weighted by Gasteiger charge is 2.24. The van der Waals surface area contributed by atoms with E-state index in [4.69, 9.17) is 4.74 Å². The predicted molar refractivity (Wildman–Crippen MR) is 89.9 cm³/mol. The summed E-state index contributed by atoms with van der Waals surface area (Å²) in [4.78, 5) is 12.4. The van der Waals surface area contributed by atoms with Gasteiger partial charge in [0.15, 0.2) is 5.82 Å². The van der Waals surface area contributed by atoms with Crippen LogP contribution in [0.4, 0.5) is 5.82 Å². The average Bonchev–Trinajstić information content (AvgIpc) is 2.98. The number of carbonyl (C=O) groups excluding carboxylic acids is 1. The lowest BCUT2D eigenvalue weighted by atomic mass is 9.90. The van der Waals surface area contributed by atoms with Crippen molar-refractivity contribution < 1.29 is 9.53 Å². The molecule has 1 aromatic heterocycles. The fraction of sp³-hybridized carbons (Fsp3) is 0.389. The Morgan fingerprint density at radius 2 is 2.29 bits per heavy atom. The minimum Gasteiger partial charge on any atom is -0.493 e. The highest BCUT2D eigenvalue weighted by atomic mass is 16.5. The van der Waals surface area contributed by atoms with Gasteiger partial charge in [-0.3, -0.25) is 9.48 Å². The van der Waals surface area contributed by atoms with Gasteiger partial charge in [-0.05, 0) is 37.8 Å². The van der Waals surface area contributed by atoms with Crippen LogP contribution in [0.15, 0.2) is 30.5 Å². The summed E-state index contributed by atoms with van der Waals surface area (Å²) in [5.74, 6) is 1.16. The fourth-order valence-electron chi connectivity index (χ4n) is 2.87. The van der Waals surface area contributed by atoms with Gasteiger partial charge in [0, 0.05) is 18.7 Å². The summed E-state index contributed by atoms with van der Waals surface area (Å²) in [5.41, 5.74) is 1.44. The number of anilines is 1. The van der Waals surface area contributed by atoms with E-state index in [-0.39, 0.29) is 17.9 Å². The van der Waals surface area contributed by atoms with E-state index in [9.17, 15) is 10.1 Å². The van der Waals surface area contributed by atoms with Gasteiger partial charge in [0.2, 0.25) is 5.91 Å². The van der Waals surface area contributed by atoms with Crippen molar-refractivity contribution in [1.82, 2.24) is 9.78 Å². The molecule has 3 rings (SSSR count). The van der Waals surface area contributed by atoms with E-state index in [1.54, 1.807) is 10.9 Å². The van der Waals surface area contributed by atoms with Gasteiger partial charge in [-0.1, -0.05) is 18.2 Å². The van der Waals surface area contributed by atoms with E-state index in [0.717, 1.165) is 17.7 Å².